The zero-order valence-electron chi connectivity index (χ0n) is 4.38. The Balaban J connectivity index is -0.000000245. The zero-order chi connectivity index (χ0) is 7.00. The van der Waals surface area contributed by atoms with Crippen LogP contribution in [0.4, 0.5) is 0 Å². The average molecular weight is 318 g/mol. The maximum Gasteiger partial charge on any atom is 2.00 e. The smallest absolute Gasteiger partial charge is 2.00 e. The summed E-state index contributed by atoms with van der Waals surface area (Å²) in [5, 5.41) is 0. The van der Waals surface area contributed by atoms with Crippen molar-refractivity contribution in [2.75, 3.05) is 0 Å². The predicted molar refractivity (Wildman–Crippen MR) is 41.3 cm³/mol. The molecule has 0 saturated heterocycles. The molecule has 0 aliphatic carbocycles. The Kier molecular flexibility index (Phi) is 10.7. The molecule has 0 heterocycles. The molecule has 0 aliphatic rings. The fourth-order valence-corrected chi connectivity index (χ4v) is 0. The van der Waals surface area contributed by atoms with Gasteiger partial charge in [-0.25, -0.2) is 0 Å². The van der Waals surface area contributed by atoms with Crippen molar-refractivity contribution in [3.63, 3.8) is 0 Å². The maximum atomic E-state index is 5.14. The van der Waals surface area contributed by atoms with E-state index in [2.05, 4.69) is 0 Å². The van der Waals surface area contributed by atoms with Crippen LogP contribution in [-0.2, 0) is 25.0 Å². The van der Waals surface area contributed by atoms with Crippen LogP contribution in [0.25, 0.3) is 0 Å². The van der Waals surface area contributed by atoms with Crippen LogP contribution in [0.1, 0.15) is 0 Å². The summed E-state index contributed by atoms with van der Waals surface area (Å²) in [5.41, 5.74) is 0. The molecule has 58 valence electrons. The van der Waals surface area contributed by atoms with Crippen LogP contribution < -0.4 is 0 Å². The van der Waals surface area contributed by atoms with Crippen LogP contribution in [0, 0.1) is 0 Å². The van der Waals surface area contributed by atoms with Gasteiger partial charge in [-0.1, -0.05) is 69.6 Å². The van der Waals surface area contributed by atoms with Crippen LogP contribution in [-0.4, -0.2) is 7.59 Å². The van der Waals surface area contributed by atoms with Gasteiger partial charge in [0, 0.05) is 0 Å². The van der Waals surface area contributed by atoms with Gasteiger partial charge >= 0.3 is 19.5 Å². The van der Waals surface area contributed by atoms with Crippen molar-refractivity contribution < 1.29 is 25.0 Å². The molecule has 0 radical (unpaired) electrons. The number of alkyl halides is 6. The molecule has 1 nitrogen and oxygen atoms in total. The van der Waals surface area contributed by atoms with Gasteiger partial charge in [0.1, 0.15) is 0 Å². The standard InChI is InChI=1S/C2Cl6.O.Zn/c3-1(4,5)2(6,7)8;;/q;-2;+2. The quantitative estimate of drug-likeness (QED) is 0.482. The molecule has 0 aliphatic heterocycles. The summed E-state index contributed by atoms with van der Waals surface area (Å²) in [6.45, 7) is 0. The van der Waals surface area contributed by atoms with Crippen molar-refractivity contribution in [2.45, 2.75) is 7.59 Å². The van der Waals surface area contributed by atoms with E-state index >= 15 is 0 Å². The van der Waals surface area contributed by atoms with Crippen molar-refractivity contribution in [3.05, 3.63) is 0 Å². The topological polar surface area (TPSA) is 28.5 Å². The van der Waals surface area contributed by atoms with Crippen molar-refractivity contribution >= 4 is 69.6 Å². The summed E-state index contributed by atoms with van der Waals surface area (Å²) in [6, 6.07) is 0. The first kappa shape index (κ1) is 18.2. The predicted octanol–water partition coefficient (Wildman–Crippen LogP) is 3.61. The molecule has 0 atom stereocenters. The first-order chi connectivity index (χ1) is 3.25. The Morgan fingerprint density at radius 2 is 0.700 bits per heavy atom. The van der Waals surface area contributed by atoms with E-state index in [9.17, 15) is 0 Å². The number of halogens is 6. The van der Waals surface area contributed by atoms with Gasteiger partial charge in [-0.2, -0.15) is 0 Å². The number of hydrogen-bond acceptors (Lipinski definition) is 0. The first-order valence-corrected chi connectivity index (χ1v) is 3.65. The van der Waals surface area contributed by atoms with Gasteiger partial charge in [-0.05, 0) is 0 Å². The summed E-state index contributed by atoms with van der Waals surface area (Å²) in [5.74, 6) is 0. The fraction of sp³-hybridized carbons (Fsp3) is 1.00. The Hall–Kier alpha value is 2.32. The third kappa shape index (κ3) is 7.00. The van der Waals surface area contributed by atoms with Gasteiger partial charge in [-0.3, -0.25) is 0 Å². The number of hydrogen-bond donors (Lipinski definition) is 0. The molecular weight excluding hydrogens is 318 g/mol. The van der Waals surface area contributed by atoms with Crippen molar-refractivity contribution in [1.29, 1.82) is 0 Å². The molecule has 0 aromatic carbocycles. The Labute approximate surface area is 101 Å². The van der Waals surface area contributed by atoms with Crippen molar-refractivity contribution in [1.82, 2.24) is 0 Å². The van der Waals surface area contributed by atoms with E-state index in [1.165, 1.54) is 0 Å². The second-order valence-electron chi connectivity index (χ2n) is 0.996. The van der Waals surface area contributed by atoms with Crippen LogP contribution >= 0.6 is 69.6 Å². The fourth-order valence-electron chi connectivity index (χ4n) is 0. The third-order valence-electron chi connectivity index (χ3n) is 0.321. The Bertz CT molecular complexity index is 70.7. The van der Waals surface area contributed by atoms with Gasteiger partial charge < -0.3 is 5.48 Å². The Morgan fingerprint density at radius 1 is 0.600 bits per heavy atom. The van der Waals surface area contributed by atoms with Gasteiger partial charge in [-0.15, -0.1) is 0 Å². The molecule has 10 heavy (non-hydrogen) atoms. The van der Waals surface area contributed by atoms with E-state index in [1.54, 1.807) is 0 Å². The minimum absolute atomic E-state index is 0. The van der Waals surface area contributed by atoms with Crippen LogP contribution in [0.5, 0.6) is 0 Å². The van der Waals surface area contributed by atoms with E-state index in [0.717, 1.165) is 0 Å². The summed E-state index contributed by atoms with van der Waals surface area (Å²) in [4.78, 5) is 0. The summed E-state index contributed by atoms with van der Waals surface area (Å²) >= 11 is 30.9. The SMILES string of the molecule is ClC(Cl)(Cl)C(Cl)(Cl)Cl.[O-2].[Zn+2]. The van der Waals surface area contributed by atoms with E-state index in [-0.39, 0.29) is 25.0 Å². The Morgan fingerprint density at radius 3 is 0.700 bits per heavy atom. The van der Waals surface area contributed by atoms with E-state index in [4.69, 9.17) is 69.6 Å². The van der Waals surface area contributed by atoms with Crippen LogP contribution in [0.2, 0.25) is 0 Å². The first-order valence-electron chi connectivity index (χ1n) is 1.38. The second-order valence-corrected chi connectivity index (χ2v) is 5.56. The molecule has 0 spiro atoms. The van der Waals surface area contributed by atoms with Gasteiger partial charge in [0.15, 0.2) is 0 Å². The summed E-state index contributed by atoms with van der Waals surface area (Å²) in [6.07, 6.45) is 0. The van der Waals surface area contributed by atoms with Gasteiger partial charge in [0.25, 0.3) is 0 Å². The van der Waals surface area contributed by atoms with Crippen molar-refractivity contribution in [3.8, 4) is 0 Å². The third-order valence-corrected chi connectivity index (χ3v) is 2.89. The molecule has 0 rings (SSSR count). The summed E-state index contributed by atoms with van der Waals surface area (Å²) in [7, 11) is 0. The molecule has 0 saturated carbocycles. The normalized spacial score (nSPS) is 11.4. The minimum atomic E-state index is -1.85. The second kappa shape index (κ2) is 5.88. The van der Waals surface area contributed by atoms with E-state index in [0.29, 0.717) is 0 Å². The molecule has 0 aromatic heterocycles. The molecule has 0 N–H and O–H groups in total. The zero-order valence-corrected chi connectivity index (χ0v) is 11.9. The molecule has 0 bridgehead atoms. The average Bonchev–Trinajstić information content (AvgIpc) is 1.25. The molecule has 0 amide bonds. The summed E-state index contributed by atoms with van der Waals surface area (Å²) < 4.78 is -3.70. The molecular formula is C2Cl6OZn. The molecule has 8 heteroatoms. The van der Waals surface area contributed by atoms with Crippen LogP contribution in [0.3, 0.4) is 0 Å². The minimum Gasteiger partial charge on any atom is -2.00 e. The van der Waals surface area contributed by atoms with Gasteiger partial charge in [0.2, 0.25) is 7.59 Å². The largest absolute Gasteiger partial charge is 2.00 e. The van der Waals surface area contributed by atoms with Crippen LogP contribution in [0.15, 0.2) is 0 Å². The van der Waals surface area contributed by atoms with E-state index in [1.807, 2.05) is 0 Å². The van der Waals surface area contributed by atoms with E-state index < -0.39 is 7.59 Å². The maximum absolute atomic E-state index is 5.14. The molecule has 0 fully saturated rings. The monoisotopic (exact) mass is 314 g/mol. The number of rotatable bonds is 0. The molecule has 0 aromatic rings. The molecule has 0 unspecified atom stereocenters. The van der Waals surface area contributed by atoms with Gasteiger partial charge in [0.05, 0.1) is 0 Å². The van der Waals surface area contributed by atoms with Crippen molar-refractivity contribution in [2.24, 2.45) is 0 Å².